The van der Waals surface area contributed by atoms with Gasteiger partial charge in [-0.3, -0.25) is 0 Å². The van der Waals surface area contributed by atoms with E-state index >= 15 is 0 Å². The smallest absolute Gasteiger partial charge is 0.159 e. The second-order valence-corrected chi connectivity index (χ2v) is 14.1. The predicted octanol–water partition coefficient (Wildman–Crippen LogP) is 15.1. The normalized spacial score (nSPS) is 11.6. The third kappa shape index (κ3) is 5.20. The van der Waals surface area contributed by atoms with Crippen LogP contribution in [-0.2, 0) is 0 Å². The highest BCUT2D eigenvalue weighted by Gasteiger charge is 2.23. The maximum absolute atomic E-state index is 6.92. The van der Waals surface area contributed by atoms with Crippen molar-refractivity contribution in [1.29, 1.82) is 0 Å². The minimum atomic E-state index is 0.842. The standard InChI is InChI=1S/C52H33NO2/c1-3-12-34(13-4-1)36-22-27-40(28-23-36)53(41-29-24-38(25-30-41)43-19-11-20-45-44-18-9-10-21-48(44)54-51(43)45)47-33-39(35-14-5-2-6-15-35)32-46-50-42-17-8-7-16-37(42)26-31-49(50)55-52(46)47/h1-33H. The summed E-state index contributed by atoms with van der Waals surface area (Å²) in [4.78, 5) is 2.33. The third-order valence-electron chi connectivity index (χ3n) is 10.9. The molecule has 2 aromatic heterocycles. The molecule has 11 aromatic rings. The Hall–Kier alpha value is -7.36. The van der Waals surface area contributed by atoms with E-state index in [0.29, 0.717) is 0 Å². The van der Waals surface area contributed by atoms with Gasteiger partial charge in [0, 0.05) is 38.5 Å². The average Bonchev–Trinajstić information content (AvgIpc) is 3.84. The summed E-state index contributed by atoms with van der Waals surface area (Å²) in [6, 6.07) is 70.9. The summed E-state index contributed by atoms with van der Waals surface area (Å²) >= 11 is 0. The number of rotatable bonds is 6. The summed E-state index contributed by atoms with van der Waals surface area (Å²) in [6.45, 7) is 0. The third-order valence-corrected chi connectivity index (χ3v) is 10.9. The number of hydrogen-bond acceptors (Lipinski definition) is 3. The highest BCUT2D eigenvalue weighted by atomic mass is 16.3. The Morgan fingerprint density at radius 2 is 0.909 bits per heavy atom. The van der Waals surface area contributed by atoms with Crippen LogP contribution in [0.2, 0.25) is 0 Å². The van der Waals surface area contributed by atoms with E-state index in [1.165, 1.54) is 16.3 Å². The van der Waals surface area contributed by atoms with Gasteiger partial charge in [0.1, 0.15) is 16.7 Å². The molecule has 11 rings (SSSR count). The minimum absolute atomic E-state index is 0.842. The van der Waals surface area contributed by atoms with Crippen molar-refractivity contribution in [2.75, 3.05) is 4.90 Å². The lowest BCUT2D eigenvalue weighted by Crippen LogP contribution is -2.10. The Labute approximate surface area is 317 Å². The van der Waals surface area contributed by atoms with Gasteiger partial charge in [-0.1, -0.05) is 152 Å². The van der Waals surface area contributed by atoms with Crippen molar-refractivity contribution in [2.24, 2.45) is 0 Å². The molecule has 0 radical (unpaired) electrons. The van der Waals surface area contributed by atoms with E-state index < -0.39 is 0 Å². The zero-order chi connectivity index (χ0) is 36.3. The van der Waals surface area contributed by atoms with Gasteiger partial charge in [-0.25, -0.2) is 0 Å². The first-order valence-electron chi connectivity index (χ1n) is 18.7. The molecule has 0 atom stereocenters. The molecular weight excluding hydrogens is 671 g/mol. The SMILES string of the molecule is c1ccc(-c2ccc(N(c3ccc(-c4cccc5c4oc4ccccc45)cc3)c3cc(-c4ccccc4)cc4c3oc3ccc5ccccc5c34)cc2)cc1. The quantitative estimate of drug-likeness (QED) is 0.173. The molecular formula is C52H33NO2. The Kier molecular flexibility index (Phi) is 7.17. The molecule has 3 nitrogen and oxygen atoms in total. The first kappa shape index (κ1) is 31.2. The van der Waals surface area contributed by atoms with Crippen LogP contribution in [-0.4, -0.2) is 0 Å². The van der Waals surface area contributed by atoms with Crippen molar-refractivity contribution in [3.63, 3.8) is 0 Å². The van der Waals surface area contributed by atoms with Gasteiger partial charge in [-0.15, -0.1) is 0 Å². The number of anilines is 3. The molecule has 0 amide bonds. The van der Waals surface area contributed by atoms with Crippen LogP contribution >= 0.6 is 0 Å². The monoisotopic (exact) mass is 703 g/mol. The fraction of sp³-hybridized carbons (Fsp3) is 0. The highest BCUT2D eigenvalue weighted by molar-refractivity contribution is 6.22. The summed E-state index contributed by atoms with van der Waals surface area (Å²) in [6.07, 6.45) is 0. The number of para-hydroxylation sites is 2. The zero-order valence-corrected chi connectivity index (χ0v) is 29.8. The molecule has 0 spiro atoms. The lowest BCUT2D eigenvalue weighted by atomic mass is 9.98. The van der Waals surface area contributed by atoms with Gasteiger partial charge < -0.3 is 13.7 Å². The average molecular weight is 704 g/mol. The molecule has 0 saturated heterocycles. The van der Waals surface area contributed by atoms with E-state index in [2.05, 4.69) is 193 Å². The van der Waals surface area contributed by atoms with Crippen LogP contribution < -0.4 is 4.90 Å². The van der Waals surface area contributed by atoms with Crippen molar-refractivity contribution >= 4 is 71.7 Å². The first-order valence-corrected chi connectivity index (χ1v) is 18.7. The highest BCUT2D eigenvalue weighted by Crippen LogP contribution is 2.47. The van der Waals surface area contributed by atoms with E-state index in [4.69, 9.17) is 8.83 Å². The minimum Gasteiger partial charge on any atom is -0.455 e. The lowest BCUT2D eigenvalue weighted by Gasteiger charge is -2.26. The summed E-state index contributed by atoms with van der Waals surface area (Å²) in [5, 5.41) is 6.82. The molecule has 0 fully saturated rings. The first-order chi connectivity index (χ1) is 27.3. The molecule has 3 heteroatoms. The van der Waals surface area contributed by atoms with Crippen LogP contribution in [0.5, 0.6) is 0 Å². The Morgan fingerprint density at radius 1 is 0.327 bits per heavy atom. The van der Waals surface area contributed by atoms with Gasteiger partial charge in [-0.05, 0) is 87.1 Å². The van der Waals surface area contributed by atoms with E-state index in [1.807, 2.05) is 12.1 Å². The van der Waals surface area contributed by atoms with Gasteiger partial charge in [-0.2, -0.15) is 0 Å². The fourth-order valence-electron chi connectivity index (χ4n) is 8.22. The van der Waals surface area contributed by atoms with Gasteiger partial charge >= 0.3 is 0 Å². The molecule has 0 unspecified atom stereocenters. The molecule has 55 heavy (non-hydrogen) atoms. The molecule has 0 aliphatic carbocycles. The molecule has 0 aliphatic rings. The van der Waals surface area contributed by atoms with Crippen LogP contribution in [0.15, 0.2) is 209 Å². The van der Waals surface area contributed by atoms with Crippen LogP contribution in [0, 0.1) is 0 Å². The van der Waals surface area contributed by atoms with Crippen LogP contribution in [0.3, 0.4) is 0 Å². The lowest BCUT2D eigenvalue weighted by molar-refractivity contribution is 0.669. The van der Waals surface area contributed by atoms with Crippen LogP contribution in [0.4, 0.5) is 17.1 Å². The predicted molar refractivity (Wildman–Crippen MR) is 229 cm³/mol. The Balaban J connectivity index is 1.14. The van der Waals surface area contributed by atoms with Crippen molar-refractivity contribution < 1.29 is 8.83 Å². The van der Waals surface area contributed by atoms with Crippen LogP contribution in [0.1, 0.15) is 0 Å². The second kappa shape index (κ2) is 12.6. The molecule has 0 bridgehead atoms. The maximum Gasteiger partial charge on any atom is 0.159 e. The van der Waals surface area contributed by atoms with Gasteiger partial charge in [0.15, 0.2) is 5.58 Å². The van der Waals surface area contributed by atoms with E-state index in [1.54, 1.807) is 0 Å². The topological polar surface area (TPSA) is 29.5 Å². The molecule has 9 aromatic carbocycles. The molecule has 0 saturated carbocycles. The fourth-order valence-corrected chi connectivity index (χ4v) is 8.22. The molecule has 0 aliphatic heterocycles. The molecule has 258 valence electrons. The Morgan fingerprint density at radius 3 is 1.65 bits per heavy atom. The van der Waals surface area contributed by atoms with E-state index in [9.17, 15) is 0 Å². The Bertz CT molecular complexity index is 3180. The van der Waals surface area contributed by atoms with E-state index in [-0.39, 0.29) is 0 Å². The van der Waals surface area contributed by atoms with Crippen molar-refractivity contribution in [2.45, 2.75) is 0 Å². The summed E-state index contributed by atoms with van der Waals surface area (Å²) in [5.41, 5.74) is 13.3. The second-order valence-electron chi connectivity index (χ2n) is 14.1. The number of hydrogen-bond donors (Lipinski definition) is 0. The summed E-state index contributed by atoms with van der Waals surface area (Å²) in [7, 11) is 0. The molecule has 0 N–H and O–H groups in total. The van der Waals surface area contributed by atoms with Crippen molar-refractivity contribution in [1.82, 2.24) is 0 Å². The number of furan rings is 2. The largest absolute Gasteiger partial charge is 0.455 e. The number of nitrogens with zero attached hydrogens (tertiary/aromatic N) is 1. The molecule has 2 heterocycles. The summed E-state index contributed by atoms with van der Waals surface area (Å²) < 4.78 is 13.4. The van der Waals surface area contributed by atoms with Crippen LogP contribution in [0.25, 0.3) is 88.0 Å². The van der Waals surface area contributed by atoms with E-state index in [0.717, 1.165) is 88.8 Å². The maximum atomic E-state index is 6.92. The zero-order valence-electron chi connectivity index (χ0n) is 29.8. The number of fused-ring (bicyclic) bond motifs is 8. The van der Waals surface area contributed by atoms with Gasteiger partial charge in [0.2, 0.25) is 0 Å². The van der Waals surface area contributed by atoms with Gasteiger partial charge in [0.05, 0.1) is 5.69 Å². The van der Waals surface area contributed by atoms with Gasteiger partial charge in [0.25, 0.3) is 0 Å². The summed E-state index contributed by atoms with van der Waals surface area (Å²) in [5.74, 6) is 0. The van der Waals surface area contributed by atoms with Crippen molar-refractivity contribution in [3.8, 4) is 33.4 Å². The number of benzene rings is 9. The van der Waals surface area contributed by atoms with Crippen molar-refractivity contribution in [3.05, 3.63) is 200 Å².